The molecule has 0 bridgehead atoms. The van der Waals surface area contributed by atoms with Gasteiger partial charge in [0.15, 0.2) is 0 Å². The van der Waals surface area contributed by atoms with E-state index in [2.05, 4.69) is 55.2 Å². The highest BCUT2D eigenvalue weighted by Crippen LogP contribution is 2.29. The van der Waals surface area contributed by atoms with Crippen LogP contribution in [0.3, 0.4) is 0 Å². The minimum absolute atomic E-state index is 0.597. The summed E-state index contributed by atoms with van der Waals surface area (Å²) in [5, 5.41) is 8.24. The molecular weight excluding hydrogens is 246 g/mol. The highest BCUT2D eigenvalue weighted by Gasteiger charge is 2.20. The molecule has 1 N–H and O–H groups in total. The summed E-state index contributed by atoms with van der Waals surface area (Å²) >= 11 is 0. The van der Waals surface area contributed by atoms with Crippen molar-refractivity contribution in [2.75, 3.05) is 13.1 Å². The fraction of sp³-hybridized carbons (Fsp3) is 0.471. The van der Waals surface area contributed by atoms with Gasteiger partial charge >= 0.3 is 0 Å². The molecular formula is C17H23N3. The Bertz CT molecular complexity index is 607. The van der Waals surface area contributed by atoms with Gasteiger partial charge in [-0.15, -0.1) is 0 Å². The van der Waals surface area contributed by atoms with Crippen molar-refractivity contribution >= 4 is 0 Å². The second-order valence-corrected chi connectivity index (χ2v) is 5.94. The minimum Gasteiger partial charge on any atom is -0.316 e. The van der Waals surface area contributed by atoms with E-state index in [0.29, 0.717) is 5.92 Å². The van der Waals surface area contributed by atoms with Crippen LogP contribution in [0.15, 0.2) is 24.3 Å². The standard InChI is InChI=1S/C17H23N3/c1-12-6-7-13(2)15(9-12)16-10-17(20(3)19-16)14-5-4-8-18-11-14/h6-7,9-10,14,18H,4-5,8,11H2,1-3H3. The van der Waals surface area contributed by atoms with E-state index in [1.807, 2.05) is 0 Å². The lowest BCUT2D eigenvalue weighted by Crippen LogP contribution is -2.29. The molecule has 0 amide bonds. The number of hydrogen-bond acceptors (Lipinski definition) is 2. The largest absolute Gasteiger partial charge is 0.316 e. The second kappa shape index (κ2) is 5.41. The van der Waals surface area contributed by atoms with Crippen LogP contribution < -0.4 is 5.32 Å². The predicted molar refractivity (Wildman–Crippen MR) is 83.0 cm³/mol. The Balaban J connectivity index is 1.97. The van der Waals surface area contributed by atoms with Crippen molar-refractivity contribution in [1.29, 1.82) is 0 Å². The maximum atomic E-state index is 4.75. The number of piperidine rings is 1. The first kappa shape index (κ1) is 13.4. The van der Waals surface area contributed by atoms with Crippen LogP contribution in [0.25, 0.3) is 11.3 Å². The van der Waals surface area contributed by atoms with Crippen molar-refractivity contribution in [1.82, 2.24) is 15.1 Å². The molecule has 1 aliphatic rings. The third kappa shape index (κ3) is 2.50. The molecule has 3 heteroatoms. The van der Waals surface area contributed by atoms with Gasteiger partial charge in [0.05, 0.1) is 5.69 Å². The van der Waals surface area contributed by atoms with Gasteiger partial charge in [-0.3, -0.25) is 4.68 Å². The van der Waals surface area contributed by atoms with Crippen molar-refractivity contribution in [3.05, 3.63) is 41.1 Å². The van der Waals surface area contributed by atoms with Gasteiger partial charge in [-0.25, -0.2) is 0 Å². The second-order valence-electron chi connectivity index (χ2n) is 5.94. The quantitative estimate of drug-likeness (QED) is 0.907. The molecule has 1 aliphatic heterocycles. The first-order valence-corrected chi connectivity index (χ1v) is 7.47. The molecule has 20 heavy (non-hydrogen) atoms. The first-order valence-electron chi connectivity index (χ1n) is 7.47. The number of aryl methyl sites for hydroxylation is 3. The molecule has 0 spiro atoms. The van der Waals surface area contributed by atoms with Crippen molar-refractivity contribution in [2.45, 2.75) is 32.6 Å². The molecule has 0 radical (unpaired) electrons. The van der Waals surface area contributed by atoms with E-state index >= 15 is 0 Å². The molecule has 0 saturated carbocycles. The molecule has 1 unspecified atom stereocenters. The number of nitrogens with zero attached hydrogens (tertiary/aromatic N) is 2. The Hall–Kier alpha value is -1.61. The van der Waals surface area contributed by atoms with E-state index in [9.17, 15) is 0 Å². The Morgan fingerprint density at radius 2 is 2.10 bits per heavy atom. The van der Waals surface area contributed by atoms with E-state index in [1.165, 1.54) is 35.2 Å². The third-order valence-electron chi connectivity index (χ3n) is 4.30. The van der Waals surface area contributed by atoms with Crippen LogP contribution in [0.4, 0.5) is 0 Å². The van der Waals surface area contributed by atoms with Gasteiger partial charge in [0, 0.05) is 30.8 Å². The molecule has 2 aromatic rings. The molecule has 1 saturated heterocycles. The van der Waals surface area contributed by atoms with Crippen molar-refractivity contribution in [2.24, 2.45) is 7.05 Å². The summed E-state index contributed by atoms with van der Waals surface area (Å²) in [7, 11) is 2.07. The lowest BCUT2D eigenvalue weighted by atomic mass is 9.95. The number of aromatic nitrogens is 2. The monoisotopic (exact) mass is 269 g/mol. The Labute approximate surface area is 121 Å². The Kier molecular flexibility index (Phi) is 3.62. The zero-order valence-electron chi connectivity index (χ0n) is 12.6. The maximum Gasteiger partial charge on any atom is 0.0928 e. The topological polar surface area (TPSA) is 29.9 Å². The Morgan fingerprint density at radius 1 is 1.25 bits per heavy atom. The van der Waals surface area contributed by atoms with E-state index in [1.54, 1.807) is 0 Å². The maximum absolute atomic E-state index is 4.75. The van der Waals surface area contributed by atoms with Crippen LogP contribution in [-0.2, 0) is 7.05 Å². The van der Waals surface area contributed by atoms with E-state index in [0.717, 1.165) is 18.8 Å². The van der Waals surface area contributed by atoms with Gasteiger partial charge in [0.1, 0.15) is 0 Å². The summed E-state index contributed by atoms with van der Waals surface area (Å²) in [5.41, 5.74) is 6.30. The number of hydrogen-bond donors (Lipinski definition) is 1. The fourth-order valence-corrected chi connectivity index (χ4v) is 3.11. The van der Waals surface area contributed by atoms with Crippen LogP contribution in [0.1, 0.15) is 35.6 Å². The summed E-state index contributed by atoms with van der Waals surface area (Å²) in [6, 6.07) is 8.86. The van der Waals surface area contributed by atoms with Crippen LogP contribution in [-0.4, -0.2) is 22.9 Å². The lowest BCUT2D eigenvalue weighted by molar-refractivity contribution is 0.441. The van der Waals surface area contributed by atoms with Gasteiger partial charge in [0.25, 0.3) is 0 Å². The summed E-state index contributed by atoms with van der Waals surface area (Å²) in [5.74, 6) is 0.597. The van der Waals surface area contributed by atoms with Crippen LogP contribution in [0, 0.1) is 13.8 Å². The molecule has 1 aromatic carbocycles. The van der Waals surface area contributed by atoms with Gasteiger partial charge < -0.3 is 5.32 Å². The minimum atomic E-state index is 0.597. The molecule has 0 aliphatic carbocycles. The molecule has 1 atom stereocenters. The van der Waals surface area contributed by atoms with Crippen molar-refractivity contribution in [3.8, 4) is 11.3 Å². The van der Waals surface area contributed by atoms with Gasteiger partial charge in [-0.05, 0) is 50.9 Å². The van der Waals surface area contributed by atoms with Crippen LogP contribution >= 0.6 is 0 Å². The normalized spacial score (nSPS) is 19.2. The summed E-state index contributed by atoms with van der Waals surface area (Å²) in [6.45, 7) is 6.52. The van der Waals surface area contributed by atoms with Crippen LogP contribution in [0.5, 0.6) is 0 Å². The molecule has 1 fully saturated rings. The Morgan fingerprint density at radius 3 is 2.85 bits per heavy atom. The van der Waals surface area contributed by atoms with Gasteiger partial charge in [-0.2, -0.15) is 5.10 Å². The molecule has 2 heterocycles. The summed E-state index contributed by atoms with van der Waals surface area (Å²) in [4.78, 5) is 0. The molecule has 3 rings (SSSR count). The zero-order valence-corrected chi connectivity index (χ0v) is 12.6. The fourth-order valence-electron chi connectivity index (χ4n) is 3.11. The highest BCUT2D eigenvalue weighted by atomic mass is 15.3. The molecule has 1 aromatic heterocycles. The molecule has 3 nitrogen and oxygen atoms in total. The van der Waals surface area contributed by atoms with E-state index < -0.39 is 0 Å². The average molecular weight is 269 g/mol. The lowest BCUT2D eigenvalue weighted by Gasteiger charge is -2.22. The van der Waals surface area contributed by atoms with Crippen LogP contribution in [0.2, 0.25) is 0 Å². The third-order valence-corrected chi connectivity index (χ3v) is 4.30. The zero-order chi connectivity index (χ0) is 14.1. The summed E-state index contributed by atoms with van der Waals surface area (Å²) < 4.78 is 2.06. The highest BCUT2D eigenvalue weighted by molar-refractivity contribution is 5.64. The number of rotatable bonds is 2. The first-order chi connectivity index (χ1) is 9.65. The average Bonchev–Trinajstić information content (AvgIpc) is 2.84. The van der Waals surface area contributed by atoms with E-state index in [4.69, 9.17) is 5.10 Å². The smallest absolute Gasteiger partial charge is 0.0928 e. The number of benzene rings is 1. The van der Waals surface area contributed by atoms with Crippen molar-refractivity contribution < 1.29 is 0 Å². The summed E-state index contributed by atoms with van der Waals surface area (Å²) in [6.07, 6.45) is 2.52. The number of nitrogens with one attached hydrogen (secondary N) is 1. The molecule has 106 valence electrons. The van der Waals surface area contributed by atoms with Crippen molar-refractivity contribution in [3.63, 3.8) is 0 Å². The van der Waals surface area contributed by atoms with Gasteiger partial charge in [0.2, 0.25) is 0 Å². The predicted octanol–water partition coefficient (Wildman–Crippen LogP) is 3.17. The van der Waals surface area contributed by atoms with E-state index in [-0.39, 0.29) is 0 Å². The SMILES string of the molecule is Cc1ccc(C)c(-c2cc(C3CCCNC3)n(C)n2)c1. The van der Waals surface area contributed by atoms with Gasteiger partial charge in [-0.1, -0.05) is 17.7 Å².